The molecule has 0 aliphatic carbocycles. The van der Waals surface area contributed by atoms with Crippen molar-refractivity contribution in [2.75, 3.05) is 0 Å². The summed E-state index contributed by atoms with van der Waals surface area (Å²) in [6.07, 6.45) is -5.01. The summed E-state index contributed by atoms with van der Waals surface area (Å²) in [6, 6.07) is 1.18. The number of pyridine rings is 1. The number of nitrogens with zero attached hydrogens (tertiary/aromatic N) is 2. The third-order valence-corrected chi connectivity index (χ3v) is 2.41. The molecule has 1 heterocycles. The Morgan fingerprint density at radius 1 is 1.56 bits per heavy atom. The van der Waals surface area contributed by atoms with Crippen LogP contribution in [0.4, 0.5) is 19.0 Å². The molecular weight excluding hydrogens is 412 g/mol. The highest BCUT2D eigenvalue weighted by molar-refractivity contribution is 14.1. The highest BCUT2D eigenvalue weighted by Gasteiger charge is 2.36. The smallest absolute Gasteiger partial charge is 0.395 e. The Morgan fingerprint density at radius 2 is 2.12 bits per heavy atom. The molecule has 0 aromatic carbocycles. The van der Waals surface area contributed by atoms with Crippen molar-refractivity contribution in [2.45, 2.75) is 6.36 Å². The molecule has 0 spiro atoms. The Morgan fingerprint density at radius 3 is 2.56 bits per heavy atom. The van der Waals surface area contributed by atoms with Crippen molar-refractivity contribution >= 4 is 44.3 Å². The van der Waals surface area contributed by atoms with Gasteiger partial charge in [0.2, 0.25) is 9.45 Å². The van der Waals surface area contributed by atoms with Crippen LogP contribution in [-0.2, 0) is 0 Å². The molecule has 1 aromatic heterocycles. The van der Waals surface area contributed by atoms with Crippen molar-refractivity contribution in [3.63, 3.8) is 0 Å². The maximum absolute atomic E-state index is 12.0. The molecule has 0 amide bonds. The van der Waals surface area contributed by atoms with Gasteiger partial charge in [0.15, 0.2) is 0 Å². The summed E-state index contributed by atoms with van der Waals surface area (Å²) < 4.78 is 39.4. The first kappa shape index (κ1) is 13.4. The van der Waals surface area contributed by atoms with Crippen LogP contribution in [0.15, 0.2) is 10.5 Å². The van der Waals surface area contributed by atoms with Crippen molar-refractivity contribution in [2.24, 2.45) is 0 Å². The lowest BCUT2D eigenvalue weighted by molar-refractivity contribution is -0.393. The maximum atomic E-state index is 12.0. The van der Waals surface area contributed by atoms with Crippen LogP contribution in [0, 0.1) is 13.8 Å². The molecule has 0 saturated carbocycles. The van der Waals surface area contributed by atoms with Crippen molar-refractivity contribution < 1.29 is 22.8 Å². The zero-order chi connectivity index (χ0) is 12.5. The van der Waals surface area contributed by atoms with E-state index in [2.05, 4.69) is 25.7 Å². The van der Waals surface area contributed by atoms with Gasteiger partial charge in [0.05, 0.1) is 4.47 Å². The van der Waals surface area contributed by atoms with E-state index < -0.39 is 22.9 Å². The summed E-state index contributed by atoms with van der Waals surface area (Å²) in [7, 11) is 0. The van der Waals surface area contributed by atoms with Gasteiger partial charge < -0.3 is 14.9 Å². The van der Waals surface area contributed by atoms with Crippen molar-refractivity contribution in [1.82, 2.24) is 4.98 Å². The van der Waals surface area contributed by atoms with Crippen molar-refractivity contribution in [3.05, 3.63) is 24.4 Å². The van der Waals surface area contributed by atoms with Crippen LogP contribution < -0.4 is 4.74 Å². The summed E-state index contributed by atoms with van der Waals surface area (Å²) >= 11 is 4.38. The van der Waals surface area contributed by atoms with E-state index in [4.69, 9.17) is 0 Å². The average Bonchev–Trinajstić information content (AvgIpc) is 2.07. The van der Waals surface area contributed by atoms with Crippen molar-refractivity contribution in [3.8, 4) is 5.75 Å². The quantitative estimate of drug-likeness (QED) is 0.323. The van der Waals surface area contributed by atoms with E-state index in [1.165, 1.54) is 6.07 Å². The van der Waals surface area contributed by atoms with E-state index in [9.17, 15) is 23.3 Å². The summed E-state index contributed by atoms with van der Waals surface area (Å²) in [6.45, 7) is 0. The largest absolute Gasteiger partial charge is 0.573 e. The lowest BCUT2D eigenvalue weighted by atomic mass is 10.4. The van der Waals surface area contributed by atoms with Gasteiger partial charge in [0.25, 0.3) is 0 Å². The van der Waals surface area contributed by atoms with E-state index in [-0.39, 0.29) is 8.17 Å². The molecule has 0 aliphatic rings. The second kappa shape index (κ2) is 4.69. The number of rotatable bonds is 2. The fourth-order valence-corrected chi connectivity index (χ4v) is 2.24. The van der Waals surface area contributed by atoms with Crippen LogP contribution in [0.1, 0.15) is 0 Å². The third-order valence-electron chi connectivity index (χ3n) is 1.27. The number of halogens is 5. The zero-order valence-corrected chi connectivity index (χ0v) is 10.8. The standard InChI is InChI=1S/C6HBrF3IN2O3/c7-2-1-3(11)12-5(13(14)15)4(2)16-6(8,9)10/h1H. The molecule has 88 valence electrons. The van der Waals surface area contributed by atoms with Crippen LogP contribution in [0.3, 0.4) is 0 Å². The lowest BCUT2D eigenvalue weighted by Gasteiger charge is -2.09. The molecule has 5 nitrogen and oxygen atoms in total. The Bertz CT molecular complexity index is 440. The minimum atomic E-state index is -5.01. The highest BCUT2D eigenvalue weighted by Crippen LogP contribution is 2.37. The number of aromatic nitrogens is 1. The van der Waals surface area contributed by atoms with E-state index in [1.54, 1.807) is 22.6 Å². The van der Waals surface area contributed by atoms with Crippen LogP contribution >= 0.6 is 38.5 Å². The Balaban J connectivity index is 3.30. The van der Waals surface area contributed by atoms with Gasteiger partial charge in [-0.1, -0.05) is 0 Å². The van der Waals surface area contributed by atoms with Crippen LogP contribution in [0.5, 0.6) is 5.75 Å². The summed E-state index contributed by atoms with van der Waals surface area (Å²) in [5.41, 5.74) is 0. The van der Waals surface area contributed by atoms with Crippen LogP contribution in [-0.4, -0.2) is 16.3 Å². The number of ether oxygens (including phenoxy) is 1. The molecule has 0 fully saturated rings. The zero-order valence-electron chi connectivity index (χ0n) is 7.09. The number of nitro groups is 1. The van der Waals surface area contributed by atoms with E-state index >= 15 is 0 Å². The second-order valence-corrected chi connectivity index (χ2v) is 4.34. The molecule has 0 atom stereocenters. The molecule has 0 radical (unpaired) electrons. The first-order valence-electron chi connectivity index (χ1n) is 3.47. The van der Waals surface area contributed by atoms with E-state index in [0.717, 1.165) is 0 Å². The lowest BCUT2D eigenvalue weighted by Crippen LogP contribution is -2.18. The van der Waals surface area contributed by atoms with Gasteiger partial charge in [0.1, 0.15) is 0 Å². The molecule has 0 aliphatic heterocycles. The molecule has 0 bridgehead atoms. The van der Waals surface area contributed by atoms with Crippen molar-refractivity contribution in [1.29, 1.82) is 0 Å². The Labute approximate surface area is 108 Å². The summed E-state index contributed by atoms with van der Waals surface area (Å²) in [4.78, 5) is 12.8. The summed E-state index contributed by atoms with van der Waals surface area (Å²) in [5, 5.41) is 10.5. The maximum Gasteiger partial charge on any atom is 0.573 e. The predicted molar refractivity (Wildman–Crippen MR) is 58.0 cm³/mol. The third kappa shape index (κ3) is 3.43. The molecule has 0 unspecified atom stereocenters. The minimum absolute atomic E-state index is 0.172. The predicted octanol–water partition coefficient (Wildman–Crippen LogP) is 3.26. The van der Waals surface area contributed by atoms with E-state index in [1.807, 2.05) is 0 Å². The highest BCUT2D eigenvalue weighted by atomic mass is 127. The van der Waals surface area contributed by atoms with E-state index in [0.29, 0.717) is 0 Å². The molecule has 10 heteroatoms. The Kier molecular flexibility index (Phi) is 3.93. The second-order valence-electron chi connectivity index (χ2n) is 2.38. The Hall–Kier alpha value is -0.650. The summed E-state index contributed by atoms with van der Waals surface area (Å²) in [5.74, 6) is -1.95. The molecule has 0 saturated heterocycles. The van der Waals surface area contributed by atoms with Crippen LogP contribution in [0.2, 0.25) is 0 Å². The molecular formula is C6HBrF3IN2O3. The van der Waals surface area contributed by atoms with Gasteiger partial charge in [0, 0.05) is 28.7 Å². The number of alkyl halides is 3. The van der Waals surface area contributed by atoms with Gasteiger partial charge >= 0.3 is 12.2 Å². The minimum Gasteiger partial charge on any atom is -0.395 e. The first-order chi connectivity index (χ1) is 7.20. The van der Waals surface area contributed by atoms with Gasteiger partial charge in [-0.25, -0.2) is 0 Å². The van der Waals surface area contributed by atoms with Gasteiger partial charge in [-0.3, -0.25) is 0 Å². The first-order valence-corrected chi connectivity index (χ1v) is 5.34. The fourth-order valence-electron chi connectivity index (χ4n) is 0.795. The number of hydrogen-bond donors (Lipinski definition) is 0. The molecule has 16 heavy (non-hydrogen) atoms. The number of hydrogen-bond acceptors (Lipinski definition) is 4. The fraction of sp³-hybridized carbons (Fsp3) is 0.167. The van der Waals surface area contributed by atoms with Gasteiger partial charge in [-0.15, -0.1) is 13.2 Å². The molecule has 0 N–H and O–H groups in total. The SMILES string of the molecule is O=[N+]([O-])c1nc(I)cc(Br)c1OC(F)(F)F. The molecule has 1 rings (SSSR count). The van der Waals surface area contributed by atoms with Gasteiger partial charge in [-0.05, 0) is 25.8 Å². The van der Waals surface area contributed by atoms with Gasteiger partial charge in [-0.2, -0.15) is 0 Å². The average molecular weight is 413 g/mol. The monoisotopic (exact) mass is 412 g/mol. The topological polar surface area (TPSA) is 65.3 Å². The normalized spacial score (nSPS) is 11.3. The molecule has 1 aromatic rings. The van der Waals surface area contributed by atoms with Crippen LogP contribution in [0.25, 0.3) is 0 Å².